The number of ether oxygens (including phenoxy) is 1. The molecular weight excluding hydrogens is 354 g/mol. The number of carbonyl (C=O) groups is 2. The van der Waals surface area contributed by atoms with Crippen molar-refractivity contribution in [2.24, 2.45) is 11.7 Å². The van der Waals surface area contributed by atoms with Gasteiger partial charge in [0.2, 0.25) is 5.91 Å². The van der Waals surface area contributed by atoms with Crippen LogP contribution in [-0.2, 0) is 9.59 Å². The normalized spacial score (nSPS) is 15.6. The number of halogens is 2. The van der Waals surface area contributed by atoms with E-state index in [0.29, 0.717) is 19.4 Å². The van der Waals surface area contributed by atoms with Crippen molar-refractivity contribution in [3.8, 4) is 5.75 Å². The number of benzene rings is 1. The van der Waals surface area contributed by atoms with Gasteiger partial charge in [-0.3, -0.25) is 9.59 Å². The topological polar surface area (TPSA) is 81.4 Å². The van der Waals surface area contributed by atoms with Crippen LogP contribution in [0.5, 0.6) is 5.75 Å². The molecule has 7 heteroatoms. The number of Topliss-reactive ketones (excluding diaryl/α,β-unsaturated/α-hetero) is 1. The molecule has 2 rings (SSSR count). The first-order valence-corrected chi connectivity index (χ1v) is 9.54. The molecule has 27 heavy (non-hydrogen) atoms. The smallest absolute Gasteiger partial charge is 0.223 e. The zero-order valence-corrected chi connectivity index (χ0v) is 15.7. The fraction of sp³-hybridized carbons (Fsp3) is 0.600. The largest absolute Gasteiger partial charge is 0.483 e. The van der Waals surface area contributed by atoms with Crippen molar-refractivity contribution in [2.75, 3.05) is 13.2 Å². The Morgan fingerprint density at radius 2 is 1.96 bits per heavy atom. The highest BCUT2D eigenvalue weighted by Crippen LogP contribution is 2.25. The van der Waals surface area contributed by atoms with Gasteiger partial charge in [0.15, 0.2) is 17.3 Å². The first kappa shape index (κ1) is 21.3. The van der Waals surface area contributed by atoms with Crippen molar-refractivity contribution in [3.05, 3.63) is 29.3 Å². The summed E-state index contributed by atoms with van der Waals surface area (Å²) in [7, 11) is 0. The lowest BCUT2D eigenvalue weighted by Crippen LogP contribution is -2.45. The molecule has 0 heterocycles. The summed E-state index contributed by atoms with van der Waals surface area (Å²) in [6.07, 6.45) is 5.57. The highest BCUT2D eigenvalue weighted by Gasteiger charge is 2.27. The molecule has 0 bridgehead atoms. The fourth-order valence-electron chi connectivity index (χ4n) is 3.33. The second kappa shape index (κ2) is 10.3. The molecule has 1 saturated carbocycles. The Morgan fingerprint density at radius 3 is 2.63 bits per heavy atom. The van der Waals surface area contributed by atoms with Gasteiger partial charge in [0.25, 0.3) is 0 Å². The number of amides is 1. The zero-order valence-electron chi connectivity index (χ0n) is 15.7. The van der Waals surface area contributed by atoms with Gasteiger partial charge in [-0.15, -0.1) is 0 Å². The van der Waals surface area contributed by atoms with E-state index in [4.69, 9.17) is 10.5 Å². The third-order valence-electron chi connectivity index (χ3n) is 4.93. The number of aryl methyl sites for hydroxylation is 1. The molecule has 3 N–H and O–H groups in total. The lowest BCUT2D eigenvalue weighted by Gasteiger charge is -2.20. The van der Waals surface area contributed by atoms with Crippen LogP contribution in [0.1, 0.15) is 50.5 Å². The minimum Gasteiger partial charge on any atom is -0.483 e. The second-order valence-electron chi connectivity index (χ2n) is 7.12. The number of rotatable bonds is 10. The molecule has 1 aliphatic rings. The van der Waals surface area contributed by atoms with E-state index in [0.717, 1.165) is 44.2 Å². The molecule has 150 valence electrons. The molecule has 5 nitrogen and oxygen atoms in total. The first-order chi connectivity index (χ1) is 12.9. The molecule has 1 aliphatic carbocycles. The maximum Gasteiger partial charge on any atom is 0.223 e. The summed E-state index contributed by atoms with van der Waals surface area (Å²) in [4.78, 5) is 24.9. The third kappa shape index (κ3) is 6.27. The SMILES string of the molecule is Cc1cc(F)cc(OCC(=O)[C@H](CCCCN)NC(=O)C2CCCC2)c1F. The summed E-state index contributed by atoms with van der Waals surface area (Å²) in [5.74, 6) is -2.17. The molecule has 1 atom stereocenters. The standard InChI is InChI=1S/C20H28F2N2O3/c1-13-10-15(21)11-18(19(13)22)27-12-17(25)16(8-4-5-9-23)24-20(26)14-6-2-3-7-14/h10-11,14,16H,2-9,12,23H2,1H3,(H,24,26)/t16-/m0/s1. The van der Waals surface area contributed by atoms with E-state index in [2.05, 4.69) is 5.32 Å². The summed E-state index contributed by atoms with van der Waals surface area (Å²) in [5.41, 5.74) is 5.60. The van der Waals surface area contributed by atoms with Crippen LogP contribution in [0.4, 0.5) is 8.78 Å². The quantitative estimate of drug-likeness (QED) is 0.610. The summed E-state index contributed by atoms with van der Waals surface area (Å²) >= 11 is 0. The van der Waals surface area contributed by atoms with E-state index < -0.39 is 24.3 Å². The van der Waals surface area contributed by atoms with Crippen molar-refractivity contribution in [2.45, 2.75) is 57.9 Å². The summed E-state index contributed by atoms with van der Waals surface area (Å²) in [5, 5.41) is 2.81. The molecule has 0 radical (unpaired) electrons. The average molecular weight is 382 g/mol. The fourth-order valence-corrected chi connectivity index (χ4v) is 3.33. The van der Waals surface area contributed by atoms with Gasteiger partial charge >= 0.3 is 0 Å². The van der Waals surface area contributed by atoms with E-state index in [1.165, 1.54) is 6.92 Å². The van der Waals surface area contributed by atoms with E-state index in [9.17, 15) is 18.4 Å². The Bertz CT molecular complexity index is 661. The van der Waals surface area contributed by atoms with Gasteiger partial charge in [-0.2, -0.15) is 0 Å². The van der Waals surface area contributed by atoms with Crippen LogP contribution < -0.4 is 15.8 Å². The van der Waals surface area contributed by atoms with Crippen LogP contribution in [-0.4, -0.2) is 30.9 Å². The van der Waals surface area contributed by atoms with Gasteiger partial charge < -0.3 is 15.8 Å². The molecule has 0 aromatic heterocycles. The van der Waals surface area contributed by atoms with Crippen LogP contribution in [0, 0.1) is 24.5 Å². The molecule has 1 amide bonds. The van der Waals surface area contributed by atoms with Crippen LogP contribution in [0.3, 0.4) is 0 Å². The Kier molecular flexibility index (Phi) is 8.16. The molecule has 0 spiro atoms. The monoisotopic (exact) mass is 382 g/mol. The number of hydrogen-bond donors (Lipinski definition) is 2. The van der Waals surface area contributed by atoms with Crippen LogP contribution in [0.25, 0.3) is 0 Å². The number of unbranched alkanes of at least 4 members (excludes halogenated alkanes) is 1. The predicted molar refractivity (Wildman–Crippen MR) is 98.4 cm³/mol. The van der Waals surface area contributed by atoms with E-state index in [1.54, 1.807) is 0 Å². The lowest BCUT2D eigenvalue weighted by molar-refractivity contribution is -0.131. The molecule has 1 aromatic carbocycles. The highest BCUT2D eigenvalue weighted by molar-refractivity contribution is 5.90. The van der Waals surface area contributed by atoms with Crippen molar-refractivity contribution in [1.82, 2.24) is 5.32 Å². The van der Waals surface area contributed by atoms with Crippen molar-refractivity contribution in [1.29, 1.82) is 0 Å². The molecule has 0 saturated heterocycles. The Hall–Kier alpha value is -2.02. The predicted octanol–water partition coefficient (Wildman–Crippen LogP) is 3.03. The highest BCUT2D eigenvalue weighted by atomic mass is 19.1. The first-order valence-electron chi connectivity index (χ1n) is 9.54. The van der Waals surface area contributed by atoms with Crippen LogP contribution in [0.15, 0.2) is 12.1 Å². The number of carbonyl (C=O) groups excluding carboxylic acids is 2. The van der Waals surface area contributed by atoms with E-state index >= 15 is 0 Å². The second-order valence-corrected chi connectivity index (χ2v) is 7.12. The average Bonchev–Trinajstić information content (AvgIpc) is 3.17. The van der Waals surface area contributed by atoms with Crippen molar-refractivity contribution < 1.29 is 23.1 Å². The van der Waals surface area contributed by atoms with Gasteiger partial charge in [0.1, 0.15) is 12.4 Å². The lowest BCUT2D eigenvalue weighted by atomic mass is 10.0. The van der Waals surface area contributed by atoms with Gasteiger partial charge in [-0.05, 0) is 57.2 Å². The van der Waals surface area contributed by atoms with E-state index in [-0.39, 0.29) is 28.9 Å². The third-order valence-corrected chi connectivity index (χ3v) is 4.93. The number of ketones is 1. The maximum absolute atomic E-state index is 14.0. The minimum atomic E-state index is -0.706. The van der Waals surface area contributed by atoms with Crippen molar-refractivity contribution >= 4 is 11.7 Å². The minimum absolute atomic E-state index is 0.0564. The van der Waals surface area contributed by atoms with Gasteiger partial charge in [-0.25, -0.2) is 8.78 Å². The summed E-state index contributed by atoms with van der Waals surface area (Å²) in [6.45, 7) is 1.49. The van der Waals surface area contributed by atoms with Gasteiger partial charge in [0.05, 0.1) is 6.04 Å². The van der Waals surface area contributed by atoms with E-state index in [1.807, 2.05) is 0 Å². The van der Waals surface area contributed by atoms with Crippen LogP contribution >= 0.6 is 0 Å². The molecule has 1 aromatic rings. The van der Waals surface area contributed by atoms with Crippen molar-refractivity contribution in [3.63, 3.8) is 0 Å². The Balaban J connectivity index is 1.98. The Morgan fingerprint density at radius 1 is 1.26 bits per heavy atom. The molecule has 0 unspecified atom stereocenters. The molecule has 1 fully saturated rings. The summed E-state index contributed by atoms with van der Waals surface area (Å²) in [6, 6.07) is 1.26. The Labute approximate surface area is 158 Å². The summed E-state index contributed by atoms with van der Waals surface area (Å²) < 4.78 is 32.7. The number of nitrogens with two attached hydrogens (primary N) is 1. The van der Waals surface area contributed by atoms with Gasteiger partial charge in [0, 0.05) is 12.0 Å². The molecule has 0 aliphatic heterocycles. The number of hydrogen-bond acceptors (Lipinski definition) is 4. The zero-order chi connectivity index (χ0) is 19.8. The number of nitrogens with one attached hydrogen (secondary N) is 1. The van der Waals surface area contributed by atoms with Gasteiger partial charge in [-0.1, -0.05) is 12.8 Å². The maximum atomic E-state index is 14.0. The molecular formula is C20H28F2N2O3. The van der Waals surface area contributed by atoms with Crippen LogP contribution in [0.2, 0.25) is 0 Å².